The highest BCUT2D eigenvalue weighted by molar-refractivity contribution is 6.12. The van der Waals surface area contributed by atoms with Gasteiger partial charge in [0, 0.05) is 10.8 Å². The Morgan fingerprint density at radius 1 is 0.658 bits per heavy atom. The van der Waals surface area contributed by atoms with Crippen molar-refractivity contribution in [3.63, 3.8) is 0 Å². The molecule has 0 N–H and O–H groups in total. The van der Waals surface area contributed by atoms with E-state index in [9.17, 15) is 0 Å². The summed E-state index contributed by atoms with van der Waals surface area (Å²) >= 11 is 0. The van der Waals surface area contributed by atoms with E-state index in [4.69, 9.17) is 0 Å². The molecule has 1 nitrogen and oxygen atoms in total. The molecular formula is C37H33N. The molecule has 0 radical (unpaired) electrons. The number of nitrogens with zero attached hydrogens (tertiary/aromatic N) is 1. The van der Waals surface area contributed by atoms with Crippen LogP contribution in [0.25, 0.3) is 27.5 Å². The summed E-state index contributed by atoms with van der Waals surface area (Å²) in [6.07, 6.45) is 1.12. The monoisotopic (exact) mass is 491 g/mol. The lowest BCUT2D eigenvalue weighted by Crippen LogP contribution is -2.35. The van der Waals surface area contributed by atoms with Crippen molar-refractivity contribution in [3.05, 3.63) is 148 Å². The summed E-state index contributed by atoms with van der Waals surface area (Å²) in [6.45, 7) is 9.08. The molecule has 186 valence electrons. The molecule has 0 aliphatic carbocycles. The molecule has 0 saturated carbocycles. The van der Waals surface area contributed by atoms with Gasteiger partial charge >= 0.3 is 0 Å². The third kappa shape index (κ3) is 3.05. The van der Waals surface area contributed by atoms with Crippen molar-refractivity contribution in [1.29, 1.82) is 0 Å². The van der Waals surface area contributed by atoms with Crippen LogP contribution in [0.1, 0.15) is 65.1 Å². The lowest BCUT2D eigenvalue weighted by molar-refractivity contribution is 0.704. The molecule has 1 heteroatoms. The first kappa shape index (κ1) is 23.0. The van der Waals surface area contributed by atoms with Crippen LogP contribution in [-0.4, -0.2) is 4.57 Å². The molecule has 7 rings (SSSR count). The minimum atomic E-state index is -0.426. The highest BCUT2D eigenvalue weighted by Crippen LogP contribution is 2.55. The third-order valence-electron chi connectivity index (χ3n) is 8.83. The van der Waals surface area contributed by atoms with E-state index >= 15 is 0 Å². The van der Waals surface area contributed by atoms with Crippen LogP contribution in [-0.2, 0) is 5.41 Å². The SMILES string of the molecule is CCC(C)c1ccc2c(c1)C(c1ccccc1)(c1ccccc1)c1cc(C)cc3c4cc(C)ccc4n-2c13. The van der Waals surface area contributed by atoms with E-state index in [2.05, 4.69) is 141 Å². The second-order valence-corrected chi connectivity index (χ2v) is 11.1. The van der Waals surface area contributed by atoms with Gasteiger partial charge in [0.15, 0.2) is 0 Å². The Bertz CT molecular complexity index is 1780. The largest absolute Gasteiger partial charge is 0.309 e. The van der Waals surface area contributed by atoms with Gasteiger partial charge in [-0.2, -0.15) is 0 Å². The van der Waals surface area contributed by atoms with E-state index < -0.39 is 5.41 Å². The maximum atomic E-state index is 2.54. The summed E-state index contributed by atoms with van der Waals surface area (Å²) in [4.78, 5) is 0. The van der Waals surface area contributed by atoms with Gasteiger partial charge < -0.3 is 4.57 Å². The molecule has 5 aromatic carbocycles. The average molecular weight is 492 g/mol. The lowest BCUT2D eigenvalue weighted by atomic mass is 9.62. The molecule has 2 heterocycles. The minimum Gasteiger partial charge on any atom is -0.309 e. The highest BCUT2D eigenvalue weighted by Gasteiger charge is 2.45. The molecule has 0 amide bonds. The van der Waals surface area contributed by atoms with E-state index in [0.29, 0.717) is 5.92 Å². The lowest BCUT2D eigenvalue weighted by Gasteiger charge is -2.42. The Labute approximate surface area is 225 Å². The molecule has 1 aromatic heterocycles. The van der Waals surface area contributed by atoms with Crippen molar-refractivity contribution >= 4 is 21.8 Å². The average Bonchev–Trinajstić information content (AvgIpc) is 3.27. The van der Waals surface area contributed by atoms with Crippen LogP contribution < -0.4 is 0 Å². The van der Waals surface area contributed by atoms with E-state index in [0.717, 1.165) is 6.42 Å². The maximum absolute atomic E-state index is 2.54. The molecule has 1 aliphatic heterocycles. The fourth-order valence-corrected chi connectivity index (χ4v) is 6.84. The first-order valence-electron chi connectivity index (χ1n) is 13.9. The second-order valence-electron chi connectivity index (χ2n) is 11.1. The van der Waals surface area contributed by atoms with Crippen molar-refractivity contribution in [3.8, 4) is 5.69 Å². The van der Waals surface area contributed by atoms with Crippen LogP contribution in [0.15, 0.2) is 109 Å². The molecule has 1 unspecified atom stereocenters. The Hall–Kier alpha value is -4.10. The van der Waals surface area contributed by atoms with Gasteiger partial charge in [0.25, 0.3) is 0 Å². The predicted octanol–water partition coefficient (Wildman–Crippen LogP) is 9.61. The van der Waals surface area contributed by atoms with E-state index in [1.807, 2.05) is 0 Å². The number of rotatable bonds is 4. The summed E-state index contributed by atoms with van der Waals surface area (Å²) in [5.41, 5.74) is 12.8. The normalized spacial score (nSPS) is 14.5. The van der Waals surface area contributed by atoms with Crippen LogP contribution in [0, 0.1) is 13.8 Å². The van der Waals surface area contributed by atoms with Gasteiger partial charge in [-0.15, -0.1) is 0 Å². The van der Waals surface area contributed by atoms with E-state index in [-0.39, 0.29) is 0 Å². The summed E-state index contributed by atoms with van der Waals surface area (Å²) in [6, 6.07) is 41.4. The fraction of sp³-hybridized carbons (Fsp3) is 0.189. The number of benzene rings is 5. The molecule has 38 heavy (non-hydrogen) atoms. The van der Waals surface area contributed by atoms with Crippen molar-refractivity contribution in [2.24, 2.45) is 0 Å². The van der Waals surface area contributed by atoms with Crippen LogP contribution >= 0.6 is 0 Å². The Kier molecular flexibility index (Phi) is 5.13. The molecule has 0 fully saturated rings. The molecule has 0 spiro atoms. The molecule has 6 aromatic rings. The van der Waals surface area contributed by atoms with Gasteiger partial charge in [-0.3, -0.25) is 0 Å². The zero-order valence-corrected chi connectivity index (χ0v) is 22.6. The number of hydrogen-bond donors (Lipinski definition) is 0. The van der Waals surface area contributed by atoms with Gasteiger partial charge in [-0.25, -0.2) is 0 Å². The smallest absolute Gasteiger partial charge is 0.0742 e. The van der Waals surface area contributed by atoms with Crippen LogP contribution in [0.2, 0.25) is 0 Å². The van der Waals surface area contributed by atoms with Gasteiger partial charge in [-0.1, -0.05) is 110 Å². The summed E-state index contributed by atoms with van der Waals surface area (Å²) in [7, 11) is 0. The molecule has 1 aliphatic rings. The van der Waals surface area contributed by atoms with Gasteiger partial charge in [0.05, 0.1) is 22.1 Å². The summed E-state index contributed by atoms with van der Waals surface area (Å²) in [5, 5.41) is 2.67. The predicted molar refractivity (Wildman–Crippen MR) is 161 cm³/mol. The number of aromatic nitrogens is 1. The fourth-order valence-electron chi connectivity index (χ4n) is 6.84. The van der Waals surface area contributed by atoms with Crippen molar-refractivity contribution in [2.75, 3.05) is 0 Å². The van der Waals surface area contributed by atoms with Crippen LogP contribution in [0.4, 0.5) is 0 Å². The van der Waals surface area contributed by atoms with Gasteiger partial charge in [0.1, 0.15) is 0 Å². The third-order valence-corrected chi connectivity index (χ3v) is 8.83. The standard InChI is InChI=1S/C37H33N/c1-5-26(4)27-17-19-35-32(23-27)37(28-12-8-6-9-13-28,29-14-10-7-11-15-29)33-22-25(3)21-31-30-20-24(2)16-18-34(30)38(35)36(31)33/h6-23,26H,5H2,1-4H3. The number of aryl methyl sites for hydroxylation is 2. The quantitative estimate of drug-likeness (QED) is 0.231. The summed E-state index contributed by atoms with van der Waals surface area (Å²) < 4.78 is 2.54. The topological polar surface area (TPSA) is 4.93 Å². The van der Waals surface area contributed by atoms with Gasteiger partial charge in [0.2, 0.25) is 0 Å². The number of hydrogen-bond acceptors (Lipinski definition) is 0. The minimum absolute atomic E-state index is 0.426. The van der Waals surface area contributed by atoms with Gasteiger partial charge in [-0.05, 0) is 78.3 Å². The van der Waals surface area contributed by atoms with E-state index in [1.165, 1.54) is 66.4 Å². The van der Waals surface area contributed by atoms with Crippen molar-refractivity contribution in [1.82, 2.24) is 4.57 Å². The molecule has 0 bridgehead atoms. The number of fused-ring (bicyclic) bond motifs is 5. The Balaban J connectivity index is 1.77. The molecule has 0 saturated heterocycles. The second kappa shape index (κ2) is 8.46. The highest BCUT2D eigenvalue weighted by atomic mass is 15.0. The van der Waals surface area contributed by atoms with Crippen LogP contribution in [0.3, 0.4) is 0 Å². The molecular weight excluding hydrogens is 458 g/mol. The first-order valence-corrected chi connectivity index (χ1v) is 13.9. The maximum Gasteiger partial charge on any atom is 0.0742 e. The van der Waals surface area contributed by atoms with Crippen molar-refractivity contribution in [2.45, 2.75) is 45.4 Å². The molecule has 1 atom stereocenters. The Morgan fingerprint density at radius 2 is 1.32 bits per heavy atom. The first-order chi connectivity index (χ1) is 18.5. The zero-order valence-electron chi connectivity index (χ0n) is 22.6. The Morgan fingerprint density at radius 3 is 1.97 bits per heavy atom. The summed E-state index contributed by atoms with van der Waals surface area (Å²) in [5.74, 6) is 0.493. The zero-order chi connectivity index (χ0) is 26.0. The van der Waals surface area contributed by atoms with Crippen LogP contribution in [0.5, 0.6) is 0 Å². The van der Waals surface area contributed by atoms with Crippen molar-refractivity contribution < 1.29 is 0 Å². The van der Waals surface area contributed by atoms with E-state index in [1.54, 1.807) is 0 Å².